The van der Waals surface area contributed by atoms with Crippen molar-refractivity contribution in [3.8, 4) is 11.5 Å². The second-order valence-electron chi connectivity index (χ2n) is 3.63. The molecule has 0 unspecified atom stereocenters. The number of methoxy groups -OCH3 is 2. The minimum absolute atomic E-state index is 0.148. The molecule has 0 spiro atoms. The third kappa shape index (κ3) is 2.46. The van der Waals surface area contributed by atoms with E-state index >= 15 is 0 Å². The molecule has 1 aromatic carbocycles. The van der Waals surface area contributed by atoms with E-state index in [1.54, 1.807) is 14.2 Å². The Morgan fingerprint density at radius 3 is 2.69 bits per heavy atom. The zero-order chi connectivity index (χ0) is 11.4. The standard InChI is InChI=1S/C12H16O4/c1-13-12(14-2)6-4-9-3-5-10-11(7-9)16-8-15-10/h3,5,7,12H,4,6,8H2,1-2H3. The molecular formula is C12H16O4. The van der Waals surface area contributed by atoms with Crippen LogP contribution in [0.5, 0.6) is 11.5 Å². The Labute approximate surface area is 95.1 Å². The molecule has 0 aromatic heterocycles. The lowest BCUT2D eigenvalue weighted by molar-refractivity contribution is -0.105. The summed E-state index contributed by atoms with van der Waals surface area (Å²) in [6.07, 6.45) is 1.57. The van der Waals surface area contributed by atoms with E-state index in [9.17, 15) is 0 Å². The first kappa shape index (κ1) is 11.2. The van der Waals surface area contributed by atoms with Crippen molar-refractivity contribution in [3.05, 3.63) is 23.8 Å². The van der Waals surface area contributed by atoms with Crippen LogP contribution in [0.3, 0.4) is 0 Å². The van der Waals surface area contributed by atoms with Gasteiger partial charge in [0, 0.05) is 20.6 Å². The van der Waals surface area contributed by atoms with Crippen LogP contribution >= 0.6 is 0 Å². The minimum Gasteiger partial charge on any atom is -0.454 e. The Hall–Kier alpha value is -1.26. The summed E-state index contributed by atoms with van der Waals surface area (Å²) in [5, 5.41) is 0. The molecule has 1 aromatic rings. The third-order valence-electron chi connectivity index (χ3n) is 2.63. The molecule has 0 amide bonds. The van der Waals surface area contributed by atoms with E-state index in [0.29, 0.717) is 6.79 Å². The largest absolute Gasteiger partial charge is 0.454 e. The van der Waals surface area contributed by atoms with E-state index < -0.39 is 0 Å². The Morgan fingerprint density at radius 2 is 1.94 bits per heavy atom. The van der Waals surface area contributed by atoms with Crippen LogP contribution < -0.4 is 9.47 Å². The Balaban J connectivity index is 1.95. The zero-order valence-corrected chi connectivity index (χ0v) is 9.56. The van der Waals surface area contributed by atoms with Gasteiger partial charge in [-0.05, 0) is 24.1 Å². The third-order valence-corrected chi connectivity index (χ3v) is 2.63. The average molecular weight is 224 g/mol. The number of hydrogen-bond donors (Lipinski definition) is 0. The molecule has 0 atom stereocenters. The Kier molecular flexibility index (Phi) is 3.64. The first-order chi connectivity index (χ1) is 7.83. The molecular weight excluding hydrogens is 208 g/mol. The molecule has 0 aliphatic carbocycles. The van der Waals surface area contributed by atoms with Gasteiger partial charge in [0.2, 0.25) is 6.79 Å². The van der Waals surface area contributed by atoms with Crippen molar-refractivity contribution < 1.29 is 18.9 Å². The number of aryl methyl sites for hydroxylation is 1. The highest BCUT2D eigenvalue weighted by molar-refractivity contribution is 5.44. The normalized spacial score (nSPS) is 13.4. The van der Waals surface area contributed by atoms with Crippen LogP contribution in [-0.4, -0.2) is 27.3 Å². The van der Waals surface area contributed by atoms with Crippen LogP contribution in [0.4, 0.5) is 0 Å². The summed E-state index contributed by atoms with van der Waals surface area (Å²) in [5.41, 5.74) is 1.20. The molecule has 0 fully saturated rings. The van der Waals surface area contributed by atoms with Gasteiger partial charge in [-0.2, -0.15) is 0 Å². The van der Waals surface area contributed by atoms with Gasteiger partial charge in [-0.15, -0.1) is 0 Å². The zero-order valence-electron chi connectivity index (χ0n) is 9.56. The summed E-state index contributed by atoms with van der Waals surface area (Å²) >= 11 is 0. The van der Waals surface area contributed by atoms with Gasteiger partial charge in [0.15, 0.2) is 17.8 Å². The first-order valence-electron chi connectivity index (χ1n) is 5.27. The van der Waals surface area contributed by atoms with Crippen LogP contribution in [0.15, 0.2) is 18.2 Å². The molecule has 4 heteroatoms. The highest BCUT2D eigenvalue weighted by Gasteiger charge is 2.13. The highest BCUT2D eigenvalue weighted by Crippen LogP contribution is 2.32. The van der Waals surface area contributed by atoms with Crippen molar-refractivity contribution in [2.45, 2.75) is 19.1 Å². The summed E-state index contributed by atoms with van der Waals surface area (Å²) < 4.78 is 20.8. The quantitative estimate of drug-likeness (QED) is 0.716. The molecule has 4 nitrogen and oxygen atoms in total. The van der Waals surface area contributed by atoms with Crippen LogP contribution in [0.2, 0.25) is 0 Å². The van der Waals surface area contributed by atoms with Gasteiger partial charge < -0.3 is 18.9 Å². The number of ether oxygens (including phenoxy) is 4. The van der Waals surface area contributed by atoms with Crippen molar-refractivity contribution in [2.75, 3.05) is 21.0 Å². The predicted molar refractivity (Wildman–Crippen MR) is 58.7 cm³/mol. The van der Waals surface area contributed by atoms with Gasteiger partial charge >= 0.3 is 0 Å². The fourth-order valence-electron chi connectivity index (χ4n) is 1.71. The predicted octanol–water partition coefficient (Wildman–Crippen LogP) is 1.97. The molecule has 0 N–H and O–H groups in total. The second-order valence-corrected chi connectivity index (χ2v) is 3.63. The average Bonchev–Trinajstić information content (AvgIpc) is 2.77. The fourth-order valence-corrected chi connectivity index (χ4v) is 1.71. The monoisotopic (exact) mass is 224 g/mol. The molecule has 16 heavy (non-hydrogen) atoms. The SMILES string of the molecule is COC(CCc1ccc2c(c1)OCO2)OC. The van der Waals surface area contributed by atoms with E-state index in [0.717, 1.165) is 24.3 Å². The molecule has 0 bridgehead atoms. The Bertz CT molecular complexity index is 347. The van der Waals surface area contributed by atoms with E-state index in [1.807, 2.05) is 18.2 Å². The van der Waals surface area contributed by atoms with E-state index in [2.05, 4.69) is 0 Å². The Morgan fingerprint density at radius 1 is 1.19 bits per heavy atom. The van der Waals surface area contributed by atoms with Crippen LogP contribution in [0.1, 0.15) is 12.0 Å². The molecule has 1 aliphatic rings. The van der Waals surface area contributed by atoms with Gasteiger partial charge in [-0.25, -0.2) is 0 Å². The maximum Gasteiger partial charge on any atom is 0.231 e. The molecule has 1 aliphatic heterocycles. The molecule has 0 saturated heterocycles. The van der Waals surface area contributed by atoms with E-state index in [-0.39, 0.29) is 6.29 Å². The molecule has 2 rings (SSSR count). The van der Waals surface area contributed by atoms with Gasteiger partial charge in [0.05, 0.1) is 0 Å². The van der Waals surface area contributed by atoms with Gasteiger partial charge in [0.1, 0.15) is 0 Å². The van der Waals surface area contributed by atoms with Crippen molar-refractivity contribution in [3.63, 3.8) is 0 Å². The van der Waals surface area contributed by atoms with Gasteiger partial charge in [-0.1, -0.05) is 6.07 Å². The van der Waals surface area contributed by atoms with Crippen molar-refractivity contribution in [1.29, 1.82) is 0 Å². The highest BCUT2D eigenvalue weighted by atomic mass is 16.7. The smallest absolute Gasteiger partial charge is 0.231 e. The lowest BCUT2D eigenvalue weighted by atomic mass is 10.1. The molecule has 1 heterocycles. The summed E-state index contributed by atoms with van der Waals surface area (Å²) in [4.78, 5) is 0. The summed E-state index contributed by atoms with van der Waals surface area (Å²) in [6.45, 7) is 0.317. The van der Waals surface area contributed by atoms with Gasteiger partial charge in [0.25, 0.3) is 0 Å². The lowest BCUT2D eigenvalue weighted by Crippen LogP contribution is -2.13. The second kappa shape index (κ2) is 5.18. The molecule has 0 saturated carbocycles. The minimum atomic E-state index is -0.148. The van der Waals surface area contributed by atoms with Crippen molar-refractivity contribution in [1.82, 2.24) is 0 Å². The van der Waals surface area contributed by atoms with Crippen LogP contribution in [-0.2, 0) is 15.9 Å². The topological polar surface area (TPSA) is 36.9 Å². The molecule has 0 radical (unpaired) electrons. The number of hydrogen-bond acceptors (Lipinski definition) is 4. The van der Waals surface area contributed by atoms with Crippen LogP contribution in [0, 0.1) is 0 Å². The fraction of sp³-hybridized carbons (Fsp3) is 0.500. The first-order valence-corrected chi connectivity index (χ1v) is 5.27. The van der Waals surface area contributed by atoms with Crippen molar-refractivity contribution in [2.24, 2.45) is 0 Å². The maximum atomic E-state index is 5.31. The molecule has 88 valence electrons. The van der Waals surface area contributed by atoms with Gasteiger partial charge in [-0.3, -0.25) is 0 Å². The van der Waals surface area contributed by atoms with Crippen molar-refractivity contribution >= 4 is 0 Å². The maximum absolute atomic E-state index is 5.31. The lowest BCUT2D eigenvalue weighted by Gasteiger charge is -2.12. The van der Waals surface area contributed by atoms with E-state index in [4.69, 9.17) is 18.9 Å². The summed E-state index contributed by atoms with van der Waals surface area (Å²) in [6, 6.07) is 5.98. The number of fused-ring (bicyclic) bond motifs is 1. The van der Waals surface area contributed by atoms with E-state index in [1.165, 1.54) is 5.56 Å². The number of benzene rings is 1. The summed E-state index contributed by atoms with van der Waals surface area (Å²) in [5.74, 6) is 1.64. The summed E-state index contributed by atoms with van der Waals surface area (Å²) in [7, 11) is 3.29. The number of rotatable bonds is 5. The van der Waals surface area contributed by atoms with Crippen LogP contribution in [0.25, 0.3) is 0 Å².